The van der Waals surface area contributed by atoms with E-state index in [1.165, 1.54) is 17.6 Å². The molecule has 3 rings (SSSR count). The topological polar surface area (TPSA) is 110 Å². The number of benzene rings is 1. The highest BCUT2D eigenvalue weighted by Crippen LogP contribution is 2.35. The van der Waals surface area contributed by atoms with E-state index in [1.54, 1.807) is 12.1 Å². The fraction of sp³-hybridized carbons (Fsp3) is 0.500. The van der Waals surface area contributed by atoms with Crippen molar-refractivity contribution < 1.29 is 13.3 Å². The molecule has 0 aliphatic carbocycles. The van der Waals surface area contributed by atoms with Crippen molar-refractivity contribution in [3.8, 4) is 0 Å². The molecule has 2 heterocycles. The number of sulfone groups is 1. The molecule has 0 unspecified atom stereocenters. The van der Waals surface area contributed by atoms with Crippen LogP contribution in [0.5, 0.6) is 0 Å². The zero-order valence-corrected chi connectivity index (χ0v) is 16.8. The molecule has 2 aromatic rings. The number of para-hydroxylation sites is 1. The summed E-state index contributed by atoms with van der Waals surface area (Å²) in [6, 6.07) is 4.46. The van der Waals surface area contributed by atoms with Crippen LogP contribution < -0.4 is 9.80 Å². The highest BCUT2D eigenvalue weighted by molar-refractivity contribution is 7.90. The first-order valence-electron chi connectivity index (χ1n) is 8.61. The molecule has 1 fully saturated rings. The first-order chi connectivity index (χ1) is 12.8. The monoisotopic (exact) mass is 411 g/mol. The van der Waals surface area contributed by atoms with Gasteiger partial charge in [0.15, 0.2) is 9.84 Å². The molecule has 27 heavy (non-hydrogen) atoms. The van der Waals surface area contributed by atoms with Crippen molar-refractivity contribution in [1.29, 1.82) is 0 Å². The van der Waals surface area contributed by atoms with E-state index in [0.717, 1.165) is 36.6 Å². The van der Waals surface area contributed by atoms with E-state index < -0.39 is 14.8 Å². The molecular formula is C16H21N5O4S2. The average Bonchev–Trinajstić information content (AvgIpc) is 2.97. The van der Waals surface area contributed by atoms with E-state index >= 15 is 0 Å². The number of nitro groups is 1. The van der Waals surface area contributed by atoms with Gasteiger partial charge in [0.1, 0.15) is 16.4 Å². The summed E-state index contributed by atoms with van der Waals surface area (Å²) in [5.41, 5.74) is -0.00563. The number of aryl methyl sites for hydroxylation is 1. The average molecular weight is 412 g/mol. The van der Waals surface area contributed by atoms with E-state index in [9.17, 15) is 18.5 Å². The van der Waals surface area contributed by atoms with Crippen molar-refractivity contribution in [3.05, 3.63) is 34.1 Å². The number of nitro benzene ring substituents is 1. The molecule has 1 aromatic carbocycles. The van der Waals surface area contributed by atoms with Gasteiger partial charge in [0, 0.05) is 50.4 Å². The van der Waals surface area contributed by atoms with Crippen LogP contribution in [0.4, 0.5) is 16.5 Å². The predicted octanol–water partition coefficient (Wildman–Crippen LogP) is 2.13. The minimum atomic E-state index is -3.70. The molecule has 0 bridgehead atoms. The number of hydrogen-bond donors (Lipinski definition) is 0. The summed E-state index contributed by atoms with van der Waals surface area (Å²) in [4.78, 5) is 19.3. The molecule has 0 amide bonds. The van der Waals surface area contributed by atoms with Crippen LogP contribution in [0.3, 0.4) is 0 Å². The SMILES string of the molecule is CCc1nsc(N2CCCN(c3cccc(S(C)(=O)=O)c3[N+](=O)[O-])CC2)n1. The lowest BCUT2D eigenvalue weighted by Gasteiger charge is -2.23. The second kappa shape index (κ2) is 7.77. The van der Waals surface area contributed by atoms with Gasteiger partial charge in [-0.15, -0.1) is 0 Å². The minimum absolute atomic E-state index is 0.247. The number of aromatic nitrogens is 2. The van der Waals surface area contributed by atoms with Gasteiger partial charge in [0.05, 0.1) is 4.92 Å². The van der Waals surface area contributed by atoms with Crippen LogP contribution >= 0.6 is 11.5 Å². The normalized spacial score (nSPS) is 15.6. The molecule has 0 atom stereocenters. The Kier molecular flexibility index (Phi) is 5.61. The van der Waals surface area contributed by atoms with Crippen molar-refractivity contribution in [2.24, 2.45) is 0 Å². The number of hydrogen-bond acceptors (Lipinski definition) is 9. The van der Waals surface area contributed by atoms with Gasteiger partial charge in [-0.3, -0.25) is 10.1 Å². The van der Waals surface area contributed by atoms with Gasteiger partial charge < -0.3 is 9.80 Å². The van der Waals surface area contributed by atoms with Crippen molar-refractivity contribution >= 4 is 37.9 Å². The smallest absolute Gasteiger partial charge is 0.311 e. The van der Waals surface area contributed by atoms with Crippen molar-refractivity contribution in [2.75, 3.05) is 42.2 Å². The summed E-state index contributed by atoms with van der Waals surface area (Å²) in [7, 11) is -3.70. The summed E-state index contributed by atoms with van der Waals surface area (Å²) in [6.45, 7) is 4.55. The molecule has 146 valence electrons. The largest absolute Gasteiger partial charge is 0.364 e. The molecule has 1 saturated heterocycles. The lowest BCUT2D eigenvalue weighted by molar-refractivity contribution is -0.387. The van der Waals surface area contributed by atoms with Gasteiger partial charge in [0.2, 0.25) is 5.13 Å². The molecule has 0 spiro atoms. The zero-order chi connectivity index (χ0) is 19.6. The van der Waals surface area contributed by atoms with E-state index in [0.29, 0.717) is 25.3 Å². The van der Waals surface area contributed by atoms with Crippen molar-refractivity contribution in [3.63, 3.8) is 0 Å². The second-order valence-corrected chi connectivity index (χ2v) is 9.04. The second-order valence-electron chi connectivity index (χ2n) is 6.33. The summed E-state index contributed by atoms with van der Waals surface area (Å²) >= 11 is 1.36. The molecule has 0 radical (unpaired) electrons. The van der Waals surface area contributed by atoms with E-state index in [-0.39, 0.29) is 10.6 Å². The Labute approximate surface area is 161 Å². The highest BCUT2D eigenvalue weighted by Gasteiger charge is 2.30. The van der Waals surface area contributed by atoms with Gasteiger partial charge in [-0.2, -0.15) is 4.37 Å². The Morgan fingerprint density at radius 2 is 1.93 bits per heavy atom. The predicted molar refractivity (Wildman–Crippen MR) is 105 cm³/mol. The van der Waals surface area contributed by atoms with Crippen LogP contribution in [0.2, 0.25) is 0 Å². The van der Waals surface area contributed by atoms with Crippen molar-refractivity contribution in [1.82, 2.24) is 9.36 Å². The summed E-state index contributed by atoms with van der Waals surface area (Å²) in [5, 5.41) is 12.5. The molecule has 1 aliphatic rings. The Morgan fingerprint density at radius 1 is 1.22 bits per heavy atom. The molecule has 1 aromatic heterocycles. The number of nitrogens with zero attached hydrogens (tertiary/aromatic N) is 5. The van der Waals surface area contributed by atoms with Gasteiger partial charge in [0.25, 0.3) is 0 Å². The number of anilines is 2. The first kappa shape index (κ1) is 19.5. The molecule has 0 saturated carbocycles. The third-order valence-electron chi connectivity index (χ3n) is 4.44. The molecule has 9 nitrogen and oxygen atoms in total. The van der Waals surface area contributed by atoms with E-state index in [2.05, 4.69) is 14.3 Å². The van der Waals surface area contributed by atoms with Gasteiger partial charge in [-0.05, 0) is 18.6 Å². The van der Waals surface area contributed by atoms with Gasteiger partial charge >= 0.3 is 5.69 Å². The van der Waals surface area contributed by atoms with Crippen LogP contribution in [0.15, 0.2) is 23.1 Å². The van der Waals surface area contributed by atoms with Crippen LogP contribution in [-0.2, 0) is 16.3 Å². The van der Waals surface area contributed by atoms with Crippen LogP contribution in [0.25, 0.3) is 0 Å². The van der Waals surface area contributed by atoms with Gasteiger partial charge in [-0.1, -0.05) is 13.0 Å². The van der Waals surface area contributed by atoms with Crippen LogP contribution in [0, 0.1) is 10.1 Å². The quantitative estimate of drug-likeness (QED) is 0.544. The van der Waals surface area contributed by atoms with E-state index in [4.69, 9.17) is 0 Å². The van der Waals surface area contributed by atoms with Crippen LogP contribution in [0.1, 0.15) is 19.2 Å². The maximum absolute atomic E-state index is 12.0. The fourth-order valence-corrected chi connectivity index (χ4v) is 4.77. The highest BCUT2D eigenvalue weighted by atomic mass is 32.2. The van der Waals surface area contributed by atoms with Crippen LogP contribution in [-0.4, -0.2) is 55.1 Å². The fourth-order valence-electron chi connectivity index (χ4n) is 3.12. The van der Waals surface area contributed by atoms with Crippen molar-refractivity contribution in [2.45, 2.75) is 24.7 Å². The Morgan fingerprint density at radius 3 is 2.56 bits per heavy atom. The minimum Gasteiger partial charge on any atom is -0.364 e. The Bertz CT molecular complexity index is 944. The standard InChI is InChI=1S/C16H21N5O4S2/c1-3-14-17-16(26-18-14)20-9-5-8-19(10-11-20)12-6-4-7-13(27(2,24)25)15(12)21(22)23/h4,6-7H,3,5,8-11H2,1-2H3. The summed E-state index contributed by atoms with van der Waals surface area (Å²) in [5.74, 6) is 0.813. The zero-order valence-electron chi connectivity index (χ0n) is 15.2. The van der Waals surface area contributed by atoms with E-state index in [1.807, 2.05) is 11.8 Å². The maximum Gasteiger partial charge on any atom is 0.311 e. The molecule has 11 heteroatoms. The third kappa shape index (κ3) is 4.19. The first-order valence-corrected chi connectivity index (χ1v) is 11.3. The number of rotatable bonds is 5. The molecule has 0 N–H and O–H groups in total. The van der Waals surface area contributed by atoms with Gasteiger partial charge in [-0.25, -0.2) is 13.4 Å². The molecule has 1 aliphatic heterocycles. The Hall–Kier alpha value is -2.27. The summed E-state index contributed by atoms with van der Waals surface area (Å²) < 4.78 is 28.3. The summed E-state index contributed by atoms with van der Waals surface area (Å²) in [6.07, 6.45) is 2.55. The lowest BCUT2D eigenvalue weighted by atomic mass is 10.2. The third-order valence-corrected chi connectivity index (χ3v) is 6.38. The molecular weight excluding hydrogens is 390 g/mol. The Balaban J connectivity index is 1.88. The lowest BCUT2D eigenvalue weighted by Crippen LogP contribution is -2.31. The maximum atomic E-state index is 12.0.